The fourth-order valence-electron chi connectivity index (χ4n) is 13.7. The van der Waals surface area contributed by atoms with E-state index in [0.717, 1.165) is 29.9 Å². The fourth-order valence-corrected chi connectivity index (χ4v) is 16.2. The lowest BCUT2D eigenvalue weighted by Gasteiger charge is -2.48. The lowest BCUT2D eigenvalue weighted by molar-refractivity contribution is 0.332. The molecule has 0 unspecified atom stereocenters. The third-order valence-corrected chi connectivity index (χ3v) is 20.5. The predicted molar refractivity (Wildman–Crippen MR) is 319 cm³/mol. The molecule has 0 bridgehead atoms. The van der Waals surface area contributed by atoms with E-state index in [1.165, 1.54) is 134 Å². The summed E-state index contributed by atoms with van der Waals surface area (Å²) in [6, 6.07) is 54.1. The first-order chi connectivity index (χ1) is 35.1. The number of para-hydroxylation sites is 2. The van der Waals surface area contributed by atoms with Gasteiger partial charge in [-0.1, -0.05) is 140 Å². The zero-order chi connectivity index (χ0) is 49.9. The number of allylic oxidation sites excluding steroid dienone is 4. The molecule has 73 heavy (non-hydrogen) atoms. The Balaban J connectivity index is 1.17. The van der Waals surface area contributed by atoms with Gasteiger partial charge in [-0.05, 0) is 173 Å². The number of fused-ring (bicyclic) bond motifs is 11. The largest absolute Gasteiger partial charge is 0.315 e. The summed E-state index contributed by atoms with van der Waals surface area (Å²) in [5.74, 6) is 0. The third-order valence-electron chi connectivity index (χ3n) is 18.1. The van der Waals surface area contributed by atoms with Crippen molar-refractivity contribution in [2.75, 3.05) is 14.7 Å². The van der Waals surface area contributed by atoms with Crippen molar-refractivity contribution in [3.63, 3.8) is 0 Å². The summed E-state index contributed by atoms with van der Waals surface area (Å²) in [5.41, 5.74) is 21.9. The number of nitrogens with zero attached hydrogens (tertiary/aromatic N) is 3. The van der Waals surface area contributed by atoms with E-state index in [2.05, 4.69) is 240 Å². The van der Waals surface area contributed by atoms with Crippen LogP contribution in [0.25, 0.3) is 30.3 Å². The summed E-state index contributed by atoms with van der Waals surface area (Å²) in [6.07, 6.45) is 11.6. The van der Waals surface area contributed by atoms with E-state index in [9.17, 15) is 0 Å². The average molecular weight is 986 g/mol. The molecular weight excluding hydrogens is 922 g/mol. The number of thiophene rings is 2. The highest BCUT2D eigenvalue weighted by Crippen LogP contribution is 2.56. The molecule has 0 fully saturated rings. The second-order valence-electron chi connectivity index (χ2n) is 24.6. The van der Waals surface area contributed by atoms with Gasteiger partial charge in [-0.3, -0.25) is 0 Å². The first-order valence-corrected chi connectivity index (χ1v) is 28.5. The monoisotopic (exact) mass is 985 g/mol. The van der Waals surface area contributed by atoms with Crippen molar-refractivity contribution in [3.8, 4) is 0 Å². The highest BCUT2D eigenvalue weighted by molar-refractivity contribution is 7.34. The Kier molecular flexibility index (Phi) is 9.83. The van der Waals surface area contributed by atoms with E-state index in [4.69, 9.17) is 0 Å². The topological polar surface area (TPSA) is 9.72 Å². The number of hydrogen-bond donors (Lipinski definition) is 0. The second kappa shape index (κ2) is 15.8. The van der Waals surface area contributed by atoms with Crippen molar-refractivity contribution >= 4 is 121 Å². The summed E-state index contributed by atoms with van der Waals surface area (Å²) in [7, 11) is 0. The molecule has 6 heteroatoms. The van der Waals surface area contributed by atoms with Crippen molar-refractivity contribution in [3.05, 3.63) is 185 Å². The molecule has 5 aliphatic rings. The Morgan fingerprint density at radius 2 is 1.04 bits per heavy atom. The van der Waals surface area contributed by atoms with Gasteiger partial charge in [0, 0.05) is 64.5 Å². The van der Waals surface area contributed by atoms with E-state index in [0.29, 0.717) is 0 Å². The molecule has 9 aromatic rings. The van der Waals surface area contributed by atoms with E-state index in [1.54, 1.807) is 0 Å². The maximum absolute atomic E-state index is 2.76. The zero-order valence-electron chi connectivity index (χ0n) is 43.9. The van der Waals surface area contributed by atoms with Crippen molar-refractivity contribution in [1.29, 1.82) is 0 Å². The number of hydrogen-bond acceptors (Lipinski definition) is 5. The Bertz CT molecular complexity index is 3810. The van der Waals surface area contributed by atoms with Crippen molar-refractivity contribution < 1.29 is 0 Å². The van der Waals surface area contributed by atoms with E-state index < -0.39 is 0 Å². The Morgan fingerprint density at radius 1 is 0.466 bits per heavy atom. The summed E-state index contributed by atoms with van der Waals surface area (Å²) in [5, 5.41) is 4.02. The quantitative estimate of drug-likeness (QED) is 0.159. The molecule has 3 aliphatic carbocycles. The van der Waals surface area contributed by atoms with Crippen molar-refractivity contribution in [2.45, 2.75) is 122 Å². The van der Waals surface area contributed by atoms with Gasteiger partial charge in [-0.2, -0.15) is 0 Å². The van der Waals surface area contributed by atoms with Gasteiger partial charge in [-0.25, -0.2) is 0 Å². The zero-order valence-corrected chi connectivity index (χ0v) is 45.5. The summed E-state index contributed by atoms with van der Waals surface area (Å²) >= 11 is 4.01. The van der Waals surface area contributed by atoms with Gasteiger partial charge in [0.05, 0.1) is 21.8 Å². The maximum Gasteiger partial charge on any atom is 0.264 e. The highest BCUT2D eigenvalue weighted by atomic mass is 32.1. The number of rotatable bonds is 5. The van der Waals surface area contributed by atoms with Crippen molar-refractivity contribution in [1.82, 2.24) is 0 Å². The van der Waals surface area contributed by atoms with E-state index >= 15 is 0 Å². The van der Waals surface area contributed by atoms with Crippen LogP contribution in [0.5, 0.6) is 0 Å². The smallest absolute Gasteiger partial charge is 0.264 e. The molecule has 0 N–H and O–H groups in total. The molecule has 4 heterocycles. The minimum absolute atomic E-state index is 0.0168. The van der Waals surface area contributed by atoms with Crippen LogP contribution < -0.4 is 30.4 Å². The van der Waals surface area contributed by atoms with Gasteiger partial charge >= 0.3 is 0 Å². The van der Waals surface area contributed by atoms with Crippen LogP contribution in [0.4, 0.5) is 45.5 Å². The molecule has 0 spiro atoms. The first kappa shape index (κ1) is 45.3. The normalized spacial score (nSPS) is 18.7. The molecule has 0 saturated heterocycles. The van der Waals surface area contributed by atoms with Crippen LogP contribution in [0, 0.1) is 0 Å². The Morgan fingerprint density at radius 3 is 1.68 bits per heavy atom. The fraction of sp³-hybridized carbons (Fsp3) is 0.284. The minimum atomic E-state index is 0.0168. The van der Waals surface area contributed by atoms with Crippen LogP contribution in [0.2, 0.25) is 0 Å². The molecular formula is C67H64BN3S2. The van der Waals surface area contributed by atoms with Gasteiger partial charge in [0.25, 0.3) is 6.71 Å². The van der Waals surface area contributed by atoms with Crippen LogP contribution in [0.1, 0.15) is 123 Å². The summed E-state index contributed by atoms with van der Waals surface area (Å²) in [6.45, 7) is 22.3. The number of benzene rings is 7. The molecule has 7 aromatic carbocycles. The Hall–Kier alpha value is -6.34. The van der Waals surface area contributed by atoms with Gasteiger partial charge < -0.3 is 14.7 Å². The van der Waals surface area contributed by atoms with Gasteiger partial charge in [0.15, 0.2) is 0 Å². The highest BCUT2D eigenvalue weighted by Gasteiger charge is 2.49. The second-order valence-corrected chi connectivity index (χ2v) is 26.8. The molecule has 362 valence electrons. The minimum Gasteiger partial charge on any atom is -0.315 e. The van der Waals surface area contributed by atoms with Gasteiger partial charge in [0.1, 0.15) is 0 Å². The van der Waals surface area contributed by atoms with Crippen molar-refractivity contribution in [2.24, 2.45) is 0 Å². The molecule has 0 atom stereocenters. The molecule has 2 aliphatic heterocycles. The third kappa shape index (κ3) is 6.74. The lowest BCUT2D eigenvalue weighted by atomic mass is 9.35. The van der Waals surface area contributed by atoms with Crippen LogP contribution in [-0.4, -0.2) is 6.71 Å². The number of anilines is 8. The van der Waals surface area contributed by atoms with Crippen LogP contribution in [0.15, 0.2) is 163 Å². The Labute approximate surface area is 440 Å². The molecule has 14 rings (SSSR count). The average Bonchev–Trinajstić information content (AvgIpc) is 3.97. The molecule has 0 radical (unpaired) electrons. The van der Waals surface area contributed by atoms with E-state index in [1.807, 2.05) is 11.3 Å². The van der Waals surface area contributed by atoms with Crippen LogP contribution >= 0.6 is 22.7 Å². The van der Waals surface area contributed by atoms with Gasteiger partial charge in [-0.15, -0.1) is 22.7 Å². The summed E-state index contributed by atoms with van der Waals surface area (Å²) < 4.78 is 5.51. The maximum atomic E-state index is 2.76. The first-order valence-electron chi connectivity index (χ1n) is 26.8. The summed E-state index contributed by atoms with van der Waals surface area (Å²) in [4.78, 5) is 8.00. The molecule has 3 nitrogen and oxygen atoms in total. The van der Waals surface area contributed by atoms with Gasteiger partial charge in [0.2, 0.25) is 0 Å². The SMILES string of the molecule is CC1=CC=C(N2c3cc4c(cc3B3c5sc6cc7c(cc6c5N(c5cccc6c5sc5ccccc56)c5cc(N(c6ccccc6)c6ccccc6)cc2c53)C(C)(C)CCC7(C)C)C(C)(C)CCC4(C)C)CC1. The van der Waals surface area contributed by atoms with Crippen LogP contribution in [-0.2, 0) is 21.7 Å². The van der Waals surface area contributed by atoms with E-state index in [-0.39, 0.29) is 28.4 Å². The molecule has 2 aromatic heterocycles. The van der Waals surface area contributed by atoms with Crippen LogP contribution in [0.3, 0.4) is 0 Å². The predicted octanol–water partition coefficient (Wildman–Crippen LogP) is 17.8. The molecule has 0 amide bonds. The lowest BCUT2D eigenvalue weighted by Crippen LogP contribution is -2.61. The standard InChI is InChI=1S/C67H64BN3S2/c1-41-27-29-44(30-28-41)70-55-39-51-50(65(4,5)32-33-66(51,6)7)38-53(55)68-60-56(70)35-45(69(42-19-12-10-13-20-42)43-21-14-11-15-22-43)36-57(60)71(54-25-18-24-47-46-23-16-17-26-58(46)72-62(47)54)61-48-37-49-52(40-59(48)73-63(61)68)67(8,9)34-31-64(49,2)3/h10-27,29,35-40H,28,30-34H2,1-9H3. The molecule has 0 saturated carbocycles.